The first-order valence-corrected chi connectivity index (χ1v) is 9.13. The van der Waals surface area contributed by atoms with Crippen LogP contribution in [0.1, 0.15) is 61.9 Å². The third kappa shape index (κ3) is 1.84. The van der Waals surface area contributed by atoms with Crippen molar-refractivity contribution in [2.75, 3.05) is 7.05 Å². The highest BCUT2D eigenvalue weighted by Gasteiger charge is 2.58. The Morgan fingerprint density at radius 2 is 1.95 bits per heavy atom. The molecule has 1 aromatic heterocycles. The maximum Gasteiger partial charge on any atom is 0.0472 e. The molecule has 4 aliphatic rings. The van der Waals surface area contributed by atoms with Crippen LogP contribution in [0, 0.1) is 29.6 Å². The molecule has 0 aliphatic heterocycles. The Hall–Kier alpha value is -0.340. The van der Waals surface area contributed by atoms with Crippen LogP contribution in [0.2, 0.25) is 0 Å². The predicted octanol–water partition coefficient (Wildman–Crippen LogP) is 4.92. The minimum absolute atomic E-state index is 0.545. The van der Waals surface area contributed by atoms with Gasteiger partial charge in [-0.05, 0) is 92.2 Å². The van der Waals surface area contributed by atoms with Gasteiger partial charge in [-0.3, -0.25) is 0 Å². The van der Waals surface area contributed by atoms with Crippen molar-refractivity contribution in [1.82, 2.24) is 5.32 Å². The molecule has 0 aromatic carbocycles. The molecule has 4 fully saturated rings. The minimum atomic E-state index is 0.545. The van der Waals surface area contributed by atoms with Crippen LogP contribution in [0.15, 0.2) is 11.4 Å². The monoisotopic (exact) mass is 289 g/mol. The summed E-state index contributed by atoms with van der Waals surface area (Å²) in [6.07, 6.45) is 8.94. The van der Waals surface area contributed by atoms with Crippen molar-refractivity contribution in [3.05, 3.63) is 21.9 Å². The van der Waals surface area contributed by atoms with Crippen molar-refractivity contribution in [1.29, 1.82) is 0 Å². The van der Waals surface area contributed by atoms with Gasteiger partial charge in [0.1, 0.15) is 0 Å². The lowest BCUT2D eigenvalue weighted by molar-refractivity contribution is -0.117. The van der Waals surface area contributed by atoms with E-state index in [1.165, 1.54) is 44.1 Å². The van der Waals surface area contributed by atoms with Gasteiger partial charge in [-0.1, -0.05) is 6.92 Å². The second kappa shape index (κ2) is 4.33. The fourth-order valence-corrected chi connectivity index (χ4v) is 7.71. The summed E-state index contributed by atoms with van der Waals surface area (Å²) in [6, 6.07) is 2.89. The Kier molecular flexibility index (Phi) is 2.89. The SMILES string of the molecule is CNC(c1sccc1C)C12CC3CC(CC(C)(C3)C1)C2. The van der Waals surface area contributed by atoms with Crippen LogP contribution >= 0.6 is 11.3 Å². The molecule has 2 heteroatoms. The quantitative estimate of drug-likeness (QED) is 0.832. The van der Waals surface area contributed by atoms with Crippen molar-refractivity contribution >= 4 is 11.3 Å². The first kappa shape index (κ1) is 13.3. The van der Waals surface area contributed by atoms with Crippen molar-refractivity contribution in [3.8, 4) is 0 Å². The summed E-state index contributed by atoms with van der Waals surface area (Å²) in [5, 5.41) is 6.00. The van der Waals surface area contributed by atoms with Gasteiger partial charge < -0.3 is 5.32 Å². The number of hydrogen-bond donors (Lipinski definition) is 1. The number of hydrogen-bond acceptors (Lipinski definition) is 2. The molecule has 5 rings (SSSR count). The van der Waals surface area contributed by atoms with Crippen LogP contribution in [0.4, 0.5) is 0 Å². The molecular formula is C18H27NS. The van der Waals surface area contributed by atoms with Crippen LogP contribution in [0.3, 0.4) is 0 Å². The van der Waals surface area contributed by atoms with E-state index in [9.17, 15) is 0 Å². The maximum atomic E-state index is 3.73. The van der Waals surface area contributed by atoms with E-state index < -0.39 is 0 Å². The summed E-state index contributed by atoms with van der Waals surface area (Å²) < 4.78 is 0. The highest BCUT2D eigenvalue weighted by molar-refractivity contribution is 7.10. The second-order valence-electron chi connectivity index (χ2n) is 8.32. The summed E-state index contributed by atoms with van der Waals surface area (Å²) in [7, 11) is 2.19. The fraction of sp³-hybridized carbons (Fsp3) is 0.778. The largest absolute Gasteiger partial charge is 0.312 e. The average molecular weight is 289 g/mol. The van der Waals surface area contributed by atoms with E-state index in [1.54, 1.807) is 4.88 Å². The first-order chi connectivity index (χ1) is 9.54. The molecule has 0 spiro atoms. The molecule has 1 N–H and O–H groups in total. The van der Waals surface area contributed by atoms with Gasteiger partial charge in [-0.2, -0.15) is 0 Å². The molecule has 110 valence electrons. The van der Waals surface area contributed by atoms with Gasteiger partial charge in [-0.25, -0.2) is 0 Å². The molecule has 4 bridgehead atoms. The third-order valence-corrected chi connectivity index (χ3v) is 7.55. The summed E-state index contributed by atoms with van der Waals surface area (Å²) in [5.74, 6) is 2.02. The van der Waals surface area contributed by atoms with Crippen molar-refractivity contribution in [2.24, 2.45) is 22.7 Å². The van der Waals surface area contributed by atoms with Gasteiger partial charge in [-0.15, -0.1) is 11.3 Å². The predicted molar refractivity (Wildman–Crippen MR) is 86.1 cm³/mol. The van der Waals surface area contributed by atoms with E-state index in [0.717, 1.165) is 11.8 Å². The van der Waals surface area contributed by atoms with E-state index in [0.29, 0.717) is 16.9 Å². The number of nitrogens with one attached hydrogen (secondary N) is 1. The zero-order valence-corrected chi connectivity index (χ0v) is 13.9. The molecule has 4 saturated carbocycles. The van der Waals surface area contributed by atoms with Crippen LogP contribution in [-0.2, 0) is 0 Å². The Labute approximate surface area is 127 Å². The van der Waals surface area contributed by atoms with E-state index >= 15 is 0 Å². The molecule has 20 heavy (non-hydrogen) atoms. The Balaban J connectivity index is 1.74. The molecule has 0 radical (unpaired) electrons. The van der Waals surface area contributed by atoms with E-state index in [2.05, 4.69) is 37.7 Å². The van der Waals surface area contributed by atoms with E-state index in [-0.39, 0.29) is 0 Å². The van der Waals surface area contributed by atoms with Gasteiger partial charge in [0.05, 0.1) is 0 Å². The second-order valence-corrected chi connectivity index (χ2v) is 9.27. The van der Waals surface area contributed by atoms with Gasteiger partial charge in [0.25, 0.3) is 0 Å². The smallest absolute Gasteiger partial charge is 0.0472 e. The molecule has 1 aromatic rings. The summed E-state index contributed by atoms with van der Waals surface area (Å²) >= 11 is 1.97. The zero-order chi connectivity index (χ0) is 14.0. The molecule has 1 heterocycles. The maximum absolute atomic E-state index is 3.73. The van der Waals surface area contributed by atoms with Crippen molar-refractivity contribution in [3.63, 3.8) is 0 Å². The van der Waals surface area contributed by atoms with Gasteiger partial charge in [0.2, 0.25) is 0 Å². The van der Waals surface area contributed by atoms with Crippen LogP contribution in [-0.4, -0.2) is 7.05 Å². The molecule has 0 amide bonds. The van der Waals surface area contributed by atoms with Gasteiger partial charge in [0.15, 0.2) is 0 Å². The molecule has 3 unspecified atom stereocenters. The molecule has 1 nitrogen and oxygen atoms in total. The fourth-order valence-electron chi connectivity index (χ4n) is 6.53. The Bertz CT molecular complexity index is 503. The van der Waals surface area contributed by atoms with Crippen LogP contribution < -0.4 is 5.32 Å². The summed E-state index contributed by atoms with van der Waals surface area (Å²) in [6.45, 7) is 4.87. The third-order valence-electron chi connectivity index (χ3n) is 6.46. The first-order valence-electron chi connectivity index (χ1n) is 8.25. The lowest BCUT2D eigenvalue weighted by Gasteiger charge is -2.63. The Morgan fingerprint density at radius 1 is 1.25 bits per heavy atom. The number of aryl methyl sites for hydroxylation is 1. The standard InChI is InChI=1S/C18H27NS/c1-12-4-5-20-15(12)16(19-3)18-9-13-6-14(10-18)8-17(2,7-13)11-18/h4-5,13-14,16,19H,6-11H2,1-3H3. The summed E-state index contributed by atoms with van der Waals surface area (Å²) in [4.78, 5) is 1.61. The van der Waals surface area contributed by atoms with Crippen LogP contribution in [0.25, 0.3) is 0 Å². The van der Waals surface area contributed by atoms with Gasteiger partial charge >= 0.3 is 0 Å². The highest BCUT2D eigenvalue weighted by Crippen LogP contribution is 2.68. The van der Waals surface area contributed by atoms with Gasteiger partial charge in [0, 0.05) is 10.9 Å². The van der Waals surface area contributed by atoms with E-state index in [4.69, 9.17) is 0 Å². The lowest BCUT2D eigenvalue weighted by atomic mass is 9.43. The highest BCUT2D eigenvalue weighted by atomic mass is 32.1. The lowest BCUT2D eigenvalue weighted by Crippen LogP contribution is -2.54. The molecule has 3 atom stereocenters. The topological polar surface area (TPSA) is 12.0 Å². The normalized spacial score (nSPS) is 44.0. The Morgan fingerprint density at radius 3 is 2.45 bits per heavy atom. The number of thiophene rings is 1. The van der Waals surface area contributed by atoms with E-state index in [1.807, 2.05) is 11.3 Å². The van der Waals surface area contributed by atoms with Crippen molar-refractivity contribution < 1.29 is 0 Å². The molecule has 4 aliphatic carbocycles. The molecule has 0 saturated heterocycles. The minimum Gasteiger partial charge on any atom is -0.312 e. The van der Waals surface area contributed by atoms with Crippen molar-refractivity contribution in [2.45, 2.75) is 58.4 Å². The average Bonchev–Trinajstić information content (AvgIpc) is 2.73. The molecular weight excluding hydrogens is 262 g/mol. The summed E-state index contributed by atoms with van der Waals surface area (Å²) in [5.41, 5.74) is 2.68. The number of rotatable bonds is 3. The zero-order valence-electron chi connectivity index (χ0n) is 13.0. The van der Waals surface area contributed by atoms with Crippen LogP contribution in [0.5, 0.6) is 0 Å².